The normalized spacial score (nSPS) is 29.7. The summed E-state index contributed by atoms with van der Waals surface area (Å²) in [6.07, 6.45) is 4.52. The highest BCUT2D eigenvalue weighted by Crippen LogP contribution is 2.39. The molecule has 22 heavy (non-hydrogen) atoms. The first kappa shape index (κ1) is 15.5. The first-order chi connectivity index (χ1) is 10.4. The van der Waals surface area contributed by atoms with Crippen LogP contribution in [0.4, 0.5) is 0 Å². The second kappa shape index (κ2) is 5.69. The number of hydrogen-bond acceptors (Lipinski definition) is 3. The van der Waals surface area contributed by atoms with E-state index in [2.05, 4.69) is 47.8 Å². The van der Waals surface area contributed by atoms with E-state index in [1.807, 2.05) is 6.07 Å². The van der Waals surface area contributed by atoms with Crippen LogP contribution in [0, 0.1) is 0 Å². The fraction of sp³-hybridized carbons (Fsp3) is 0.765. The van der Waals surface area contributed by atoms with Crippen molar-refractivity contribution in [1.29, 1.82) is 0 Å². The zero-order chi connectivity index (χ0) is 15.9. The van der Waals surface area contributed by atoms with Gasteiger partial charge in [0.05, 0.1) is 5.54 Å². The van der Waals surface area contributed by atoms with Gasteiger partial charge >= 0.3 is 0 Å². The Labute approximate surface area is 133 Å². The number of H-pyrrole nitrogens is 1. The Morgan fingerprint density at radius 3 is 2.86 bits per heavy atom. The number of piperidine rings is 2. The van der Waals surface area contributed by atoms with Crippen molar-refractivity contribution in [3.63, 3.8) is 0 Å². The quantitative estimate of drug-likeness (QED) is 0.914. The summed E-state index contributed by atoms with van der Waals surface area (Å²) >= 11 is 0. The van der Waals surface area contributed by atoms with Crippen molar-refractivity contribution >= 4 is 5.91 Å². The molecule has 2 atom stereocenters. The number of nitrogens with zero attached hydrogens (tertiary/aromatic N) is 3. The molecular weight excluding hydrogens is 276 g/mol. The van der Waals surface area contributed by atoms with E-state index < -0.39 is 0 Å². The molecule has 0 aliphatic carbocycles. The third-order valence-electron chi connectivity index (χ3n) is 5.60. The molecule has 3 rings (SSSR count). The van der Waals surface area contributed by atoms with Gasteiger partial charge in [0.25, 0.3) is 5.91 Å². The van der Waals surface area contributed by atoms with Crippen LogP contribution in [0.5, 0.6) is 0 Å². The van der Waals surface area contributed by atoms with Gasteiger partial charge in [0.15, 0.2) is 0 Å². The number of nitrogens with one attached hydrogen (secondary N) is 1. The predicted molar refractivity (Wildman–Crippen MR) is 87.0 cm³/mol. The third kappa shape index (κ3) is 2.45. The molecule has 2 aliphatic heterocycles. The largest absolute Gasteiger partial charge is 0.330 e. The molecular formula is C17H28N4O. The van der Waals surface area contributed by atoms with Crippen LogP contribution in [-0.2, 0) is 0 Å². The lowest BCUT2D eigenvalue weighted by Crippen LogP contribution is -2.66. The maximum atomic E-state index is 13.0. The molecule has 1 aromatic heterocycles. The average molecular weight is 304 g/mol. The Hall–Kier alpha value is -1.36. The van der Waals surface area contributed by atoms with Gasteiger partial charge < -0.3 is 9.80 Å². The van der Waals surface area contributed by atoms with Gasteiger partial charge in [0.1, 0.15) is 5.69 Å². The molecule has 0 saturated carbocycles. The molecule has 2 fully saturated rings. The Morgan fingerprint density at radius 1 is 1.41 bits per heavy atom. The van der Waals surface area contributed by atoms with Gasteiger partial charge in [0.2, 0.25) is 0 Å². The maximum absolute atomic E-state index is 13.0. The molecule has 122 valence electrons. The average Bonchev–Trinajstić information content (AvgIpc) is 2.96. The van der Waals surface area contributed by atoms with Crippen LogP contribution >= 0.6 is 0 Å². The van der Waals surface area contributed by atoms with Crippen molar-refractivity contribution in [2.45, 2.75) is 64.0 Å². The van der Waals surface area contributed by atoms with Gasteiger partial charge in [-0.2, -0.15) is 5.10 Å². The van der Waals surface area contributed by atoms with Crippen molar-refractivity contribution in [3.05, 3.63) is 17.5 Å². The number of likely N-dealkylation sites (N-methyl/N-ethyl adjacent to an activating group) is 1. The van der Waals surface area contributed by atoms with Crippen LogP contribution in [0.25, 0.3) is 0 Å². The number of rotatable bonds is 2. The lowest BCUT2D eigenvalue weighted by molar-refractivity contribution is -0.0348. The topological polar surface area (TPSA) is 52.2 Å². The monoisotopic (exact) mass is 304 g/mol. The summed E-state index contributed by atoms with van der Waals surface area (Å²) in [5, 5.41) is 7.28. The molecule has 5 nitrogen and oxygen atoms in total. The highest BCUT2D eigenvalue weighted by Gasteiger charge is 2.48. The summed E-state index contributed by atoms with van der Waals surface area (Å²) < 4.78 is 0. The molecule has 0 spiro atoms. The van der Waals surface area contributed by atoms with Crippen LogP contribution in [0.15, 0.2) is 6.07 Å². The van der Waals surface area contributed by atoms with Gasteiger partial charge in [-0.1, -0.05) is 13.8 Å². The van der Waals surface area contributed by atoms with Crippen molar-refractivity contribution in [1.82, 2.24) is 20.0 Å². The van der Waals surface area contributed by atoms with Crippen molar-refractivity contribution in [2.24, 2.45) is 0 Å². The fourth-order valence-electron chi connectivity index (χ4n) is 4.24. The number of amides is 1. The van der Waals surface area contributed by atoms with Gasteiger partial charge in [-0.3, -0.25) is 9.89 Å². The van der Waals surface area contributed by atoms with E-state index in [-0.39, 0.29) is 11.4 Å². The van der Waals surface area contributed by atoms with Crippen molar-refractivity contribution < 1.29 is 4.79 Å². The van der Waals surface area contributed by atoms with Gasteiger partial charge in [-0.15, -0.1) is 0 Å². The van der Waals surface area contributed by atoms with E-state index in [1.165, 1.54) is 6.42 Å². The lowest BCUT2D eigenvalue weighted by atomic mass is 9.76. The summed E-state index contributed by atoms with van der Waals surface area (Å²) in [6.45, 7) is 8.47. The highest BCUT2D eigenvalue weighted by molar-refractivity contribution is 5.93. The SMILES string of the molecule is CC(C)c1cc(C(=O)N2CCC[C@@H]3N(C)CCC[C@@]32C)n[nH]1. The minimum absolute atomic E-state index is 0.0563. The summed E-state index contributed by atoms with van der Waals surface area (Å²) in [5.74, 6) is 0.449. The number of fused-ring (bicyclic) bond motifs is 1. The molecule has 5 heteroatoms. The minimum Gasteiger partial charge on any atom is -0.330 e. The van der Waals surface area contributed by atoms with E-state index >= 15 is 0 Å². The zero-order valence-corrected chi connectivity index (χ0v) is 14.2. The number of carbonyl (C=O) groups excluding carboxylic acids is 1. The first-order valence-electron chi connectivity index (χ1n) is 8.51. The number of aromatic nitrogens is 2. The Morgan fingerprint density at radius 2 is 2.18 bits per heavy atom. The summed E-state index contributed by atoms with van der Waals surface area (Å²) in [7, 11) is 2.20. The van der Waals surface area contributed by atoms with E-state index in [0.29, 0.717) is 17.7 Å². The maximum Gasteiger partial charge on any atom is 0.274 e. The highest BCUT2D eigenvalue weighted by atomic mass is 16.2. The molecule has 0 unspecified atom stereocenters. The van der Waals surface area contributed by atoms with E-state index in [1.54, 1.807) is 0 Å². The Kier molecular flexibility index (Phi) is 4.02. The van der Waals surface area contributed by atoms with Gasteiger partial charge in [-0.05, 0) is 58.2 Å². The van der Waals surface area contributed by atoms with Gasteiger partial charge in [-0.25, -0.2) is 0 Å². The van der Waals surface area contributed by atoms with Gasteiger partial charge in [0, 0.05) is 18.3 Å². The van der Waals surface area contributed by atoms with E-state index in [4.69, 9.17) is 0 Å². The number of carbonyl (C=O) groups is 1. The number of likely N-dealkylation sites (tertiary alicyclic amines) is 2. The third-order valence-corrected chi connectivity index (χ3v) is 5.60. The molecule has 1 N–H and O–H groups in total. The predicted octanol–water partition coefficient (Wildman–Crippen LogP) is 2.62. The first-order valence-corrected chi connectivity index (χ1v) is 8.51. The molecule has 2 saturated heterocycles. The van der Waals surface area contributed by atoms with Crippen molar-refractivity contribution in [2.75, 3.05) is 20.1 Å². The molecule has 3 heterocycles. The zero-order valence-electron chi connectivity index (χ0n) is 14.2. The smallest absolute Gasteiger partial charge is 0.274 e. The van der Waals surface area contributed by atoms with Crippen LogP contribution in [-0.4, -0.2) is 57.6 Å². The van der Waals surface area contributed by atoms with Crippen LogP contribution in [0.1, 0.15) is 68.6 Å². The van der Waals surface area contributed by atoms with Crippen molar-refractivity contribution in [3.8, 4) is 0 Å². The standard InChI is InChI=1S/C17H28N4O/c1-12(2)13-11-14(19-18-13)16(22)21-10-5-7-15-17(21,3)8-6-9-20(15)4/h11-12,15H,5-10H2,1-4H3,(H,18,19)/t15-,17-/m0/s1. The molecule has 2 aliphatic rings. The second-order valence-corrected chi connectivity index (χ2v) is 7.42. The number of aromatic amines is 1. The molecule has 0 radical (unpaired) electrons. The van der Waals surface area contributed by atoms with Crippen LogP contribution < -0.4 is 0 Å². The second-order valence-electron chi connectivity index (χ2n) is 7.42. The van der Waals surface area contributed by atoms with Crippen LogP contribution in [0.3, 0.4) is 0 Å². The fourth-order valence-corrected chi connectivity index (χ4v) is 4.24. The molecule has 1 amide bonds. The Balaban J connectivity index is 1.87. The summed E-state index contributed by atoms with van der Waals surface area (Å²) in [4.78, 5) is 17.6. The minimum atomic E-state index is -0.0563. The number of hydrogen-bond donors (Lipinski definition) is 1. The summed E-state index contributed by atoms with van der Waals surface area (Å²) in [5.41, 5.74) is 1.54. The lowest BCUT2D eigenvalue weighted by Gasteiger charge is -2.55. The van der Waals surface area contributed by atoms with E-state index in [0.717, 1.165) is 38.0 Å². The molecule has 0 aromatic carbocycles. The summed E-state index contributed by atoms with van der Waals surface area (Å²) in [6, 6.07) is 2.40. The Bertz CT molecular complexity index is 553. The molecule has 0 bridgehead atoms. The van der Waals surface area contributed by atoms with Crippen LogP contribution in [0.2, 0.25) is 0 Å². The van der Waals surface area contributed by atoms with E-state index in [9.17, 15) is 4.79 Å². The molecule has 1 aromatic rings.